The molecule has 2 aromatic rings. The van der Waals surface area contributed by atoms with Gasteiger partial charge in [-0.1, -0.05) is 29.0 Å². The van der Waals surface area contributed by atoms with Crippen molar-refractivity contribution in [1.29, 1.82) is 0 Å². The van der Waals surface area contributed by atoms with Crippen LogP contribution in [0, 0.1) is 11.8 Å². The molecule has 10 heteroatoms. The van der Waals surface area contributed by atoms with E-state index in [0.29, 0.717) is 41.4 Å². The number of carbonyl (C=O) groups is 2. The lowest BCUT2D eigenvalue weighted by Crippen LogP contribution is -2.42. The van der Waals surface area contributed by atoms with Crippen molar-refractivity contribution in [3.63, 3.8) is 0 Å². The molecule has 1 aliphatic heterocycles. The normalized spacial score (nSPS) is 17.2. The summed E-state index contributed by atoms with van der Waals surface area (Å²) in [5.41, 5.74) is -0.504. The molecule has 0 radical (unpaired) electrons. The zero-order valence-corrected chi connectivity index (χ0v) is 24.6. The van der Waals surface area contributed by atoms with Crippen LogP contribution in [-0.2, 0) is 9.53 Å². The van der Waals surface area contributed by atoms with Crippen molar-refractivity contribution in [3.8, 4) is 16.7 Å². The maximum absolute atomic E-state index is 12.6. The van der Waals surface area contributed by atoms with Crippen LogP contribution in [0.5, 0.6) is 16.7 Å². The maximum atomic E-state index is 12.6. The third-order valence-corrected chi connectivity index (χ3v) is 7.60. The van der Waals surface area contributed by atoms with Gasteiger partial charge in [-0.05, 0) is 83.4 Å². The number of halogens is 1. The highest BCUT2D eigenvalue weighted by molar-refractivity contribution is 7.14. The molecule has 2 amide bonds. The summed E-state index contributed by atoms with van der Waals surface area (Å²) in [7, 11) is 0. The van der Waals surface area contributed by atoms with Crippen LogP contribution in [0.4, 0.5) is 4.79 Å². The van der Waals surface area contributed by atoms with Crippen LogP contribution < -0.4 is 14.8 Å². The molecule has 8 nitrogen and oxygen atoms in total. The molecule has 1 aliphatic carbocycles. The van der Waals surface area contributed by atoms with Crippen LogP contribution in [0.3, 0.4) is 0 Å². The third-order valence-electron chi connectivity index (χ3n) is 6.46. The Bertz CT molecular complexity index is 1170. The molecular weight excluding hydrogens is 538 g/mol. The number of thiazole rings is 1. The van der Waals surface area contributed by atoms with Crippen LogP contribution in [0.15, 0.2) is 30.5 Å². The van der Waals surface area contributed by atoms with Gasteiger partial charge in [0, 0.05) is 37.8 Å². The zero-order valence-electron chi connectivity index (χ0n) is 23.1. The molecular formula is C29H38ClN3O5S. The first-order valence-corrected chi connectivity index (χ1v) is 14.7. The van der Waals surface area contributed by atoms with Crippen molar-refractivity contribution in [2.45, 2.75) is 71.4 Å². The Hall–Kier alpha value is -2.78. The van der Waals surface area contributed by atoms with Crippen LogP contribution >= 0.6 is 22.9 Å². The van der Waals surface area contributed by atoms with E-state index < -0.39 is 5.60 Å². The van der Waals surface area contributed by atoms with E-state index in [-0.39, 0.29) is 24.0 Å². The summed E-state index contributed by atoms with van der Waals surface area (Å²) >= 11 is 7.77. The number of likely N-dealkylation sites (tertiary alicyclic amines) is 1. The summed E-state index contributed by atoms with van der Waals surface area (Å²) in [5, 5.41) is 3.99. The Kier molecular flexibility index (Phi) is 9.77. The van der Waals surface area contributed by atoms with Crippen molar-refractivity contribution in [3.05, 3.63) is 40.4 Å². The van der Waals surface area contributed by atoms with Gasteiger partial charge in [0.05, 0.1) is 16.5 Å². The van der Waals surface area contributed by atoms with Crippen molar-refractivity contribution < 1.29 is 23.8 Å². The smallest absolute Gasteiger partial charge is 0.410 e. The minimum absolute atomic E-state index is 0.00962. The number of benzene rings is 1. The number of ether oxygens (including phenoxy) is 3. The molecule has 4 rings (SSSR count). The second kappa shape index (κ2) is 13.0. The lowest BCUT2D eigenvalue weighted by molar-refractivity contribution is -0.122. The minimum Gasteiger partial charge on any atom is -0.493 e. The average Bonchev–Trinajstić information content (AvgIpc) is 3.59. The molecule has 0 spiro atoms. The molecule has 0 bridgehead atoms. The lowest BCUT2D eigenvalue weighted by atomic mass is 9.93. The van der Waals surface area contributed by atoms with Crippen LogP contribution in [-0.4, -0.2) is 53.2 Å². The largest absolute Gasteiger partial charge is 0.493 e. The molecule has 1 saturated heterocycles. The van der Waals surface area contributed by atoms with E-state index in [2.05, 4.69) is 10.3 Å². The summed E-state index contributed by atoms with van der Waals surface area (Å²) in [6.07, 6.45) is 9.80. The van der Waals surface area contributed by atoms with Gasteiger partial charge in [-0.3, -0.25) is 4.79 Å². The van der Waals surface area contributed by atoms with E-state index in [0.717, 1.165) is 30.1 Å². The van der Waals surface area contributed by atoms with E-state index in [1.54, 1.807) is 23.2 Å². The molecule has 212 valence electrons. The second-order valence-electron chi connectivity index (χ2n) is 11.3. The summed E-state index contributed by atoms with van der Waals surface area (Å²) in [4.78, 5) is 31.8. The summed E-state index contributed by atoms with van der Waals surface area (Å²) in [6, 6.07) is 5.28. The van der Waals surface area contributed by atoms with Gasteiger partial charge in [-0.25, -0.2) is 9.78 Å². The standard InChI is InChI=1S/C29H38ClN3O5S/c1-19(32-26(34)15-20-11-13-33(14-12-20)28(35)38-29(2,3)4)5-9-23-17-31-27(39-23)37-25-10-8-22(16-24(25)30)36-18-21-6-7-21/h5,8-10,16-17,19-21H,6-7,11-15,18H2,1-4H3,(H,32,34)/t19-/m0/s1. The van der Waals surface area contributed by atoms with Gasteiger partial charge in [-0.15, -0.1) is 0 Å². The van der Waals surface area contributed by atoms with E-state index in [9.17, 15) is 9.59 Å². The first-order chi connectivity index (χ1) is 18.5. The highest BCUT2D eigenvalue weighted by Gasteiger charge is 2.28. The highest BCUT2D eigenvalue weighted by Crippen LogP contribution is 2.35. The molecule has 39 heavy (non-hydrogen) atoms. The van der Waals surface area contributed by atoms with Crippen molar-refractivity contribution in [2.24, 2.45) is 11.8 Å². The summed E-state index contributed by atoms with van der Waals surface area (Å²) in [5.74, 6) is 2.21. The van der Waals surface area contributed by atoms with Gasteiger partial charge in [0.25, 0.3) is 5.19 Å². The molecule has 1 atom stereocenters. The van der Waals surface area contributed by atoms with Gasteiger partial charge in [0.15, 0.2) is 0 Å². The Labute approximate surface area is 239 Å². The fraction of sp³-hybridized carbons (Fsp3) is 0.552. The number of rotatable bonds is 10. The number of aromatic nitrogens is 1. The van der Waals surface area contributed by atoms with E-state index in [1.165, 1.54) is 24.2 Å². The van der Waals surface area contributed by atoms with Gasteiger partial charge in [0.1, 0.15) is 17.1 Å². The number of amides is 2. The van der Waals surface area contributed by atoms with E-state index in [4.69, 9.17) is 25.8 Å². The van der Waals surface area contributed by atoms with E-state index in [1.807, 2.05) is 45.9 Å². The molecule has 2 aliphatic rings. The third kappa shape index (κ3) is 9.72. The quantitative estimate of drug-likeness (QED) is 0.330. The molecule has 0 unspecified atom stereocenters. The molecule has 1 aromatic carbocycles. The first-order valence-electron chi connectivity index (χ1n) is 13.6. The monoisotopic (exact) mass is 575 g/mol. The number of hydrogen-bond donors (Lipinski definition) is 1. The van der Waals surface area contributed by atoms with Gasteiger partial charge >= 0.3 is 6.09 Å². The SMILES string of the molecule is C[C@@H](C=Cc1cnc(Oc2ccc(OCC3CC3)cc2Cl)s1)NC(=O)CC1CCN(C(=O)OC(C)(C)C)CC1. The second-order valence-corrected chi connectivity index (χ2v) is 12.7. The topological polar surface area (TPSA) is 90.0 Å². The van der Waals surface area contributed by atoms with E-state index >= 15 is 0 Å². The van der Waals surface area contributed by atoms with Gasteiger partial charge in [0.2, 0.25) is 5.91 Å². The maximum Gasteiger partial charge on any atom is 0.410 e. The van der Waals surface area contributed by atoms with Crippen molar-refractivity contribution in [1.82, 2.24) is 15.2 Å². The van der Waals surface area contributed by atoms with Crippen LogP contribution in [0.1, 0.15) is 64.7 Å². The Morgan fingerprint density at radius 3 is 2.62 bits per heavy atom. The number of nitrogens with zero attached hydrogens (tertiary/aromatic N) is 2. The van der Waals surface area contributed by atoms with Crippen LogP contribution in [0.25, 0.3) is 6.08 Å². The average molecular weight is 576 g/mol. The van der Waals surface area contributed by atoms with Crippen molar-refractivity contribution in [2.75, 3.05) is 19.7 Å². The first kappa shape index (κ1) is 29.2. The molecule has 1 saturated carbocycles. The predicted molar refractivity (Wildman–Crippen MR) is 154 cm³/mol. The molecule has 1 aromatic heterocycles. The van der Waals surface area contributed by atoms with Gasteiger partial charge < -0.3 is 24.4 Å². The molecule has 1 N–H and O–H groups in total. The fourth-order valence-corrected chi connectivity index (χ4v) is 5.05. The molecule has 2 heterocycles. The minimum atomic E-state index is -0.504. The molecule has 2 fully saturated rings. The van der Waals surface area contributed by atoms with Crippen molar-refractivity contribution >= 4 is 41.0 Å². The van der Waals surface area contributed by atoms with Gasteiger partial charge in [-0.2, -0.15) is 0 Å². The predicted octanol–water partition coefficient (Wildman–Crippen LogP) is 6.93. The number of piperidine rings is 1. The Balaban J connectivity index is 1.18. The lowest BCUT2D eigenvalue weighted by Gasteiger charge is -2.33. The van der Waals surface area contributed by atoms with Crippen LogP contribution in [0.2, 0.25) is 5.02 Å². The summed E-state index contributed by atoms with van der Waals surface area (Å²) in [6.45, 7) is 9.48. The Morgan fingerprint density at radius 1 is 1.21 bits per heavy atom. The number of carbonyl (C=O) groups excluding carboxylic acids is 2. The zero-order chi connectivity index (χ0) is 28.0. The summed E-state index contributed by atoms with van der Waals surface area (Å²) < 4.78 is 17.1. The fourth-order valence-electron chi connectivity index (χ4n) is 4.15. The highest BCUT2D eigenvalue weighted by atomic mass is 35.5. The number of hydrogen-bond acceptors (Lipinski definition) is 7. The number of nitrogens with one attached hydrogen (secondary N) is 1. The Morgan fingerprint density at radius 2 is 1.95 bits per heavy atom.